The zero-order valence-electron chi connectivity index (χ0n) is 17.9. The lowest BCUT2D eigenvalue weighted by molar-refractivity contribution is -0.142. The number of likely N-dealkylation sites (tertiary alicyclic amines) is 1. The monoisotopic (exact) mass is 448 g/mol. The first kappa shape index (κ1) is 21.9. The Hall–Kier alpha value is -3.30. The number of aryl methyl sites for hydroxylation is 1. The summed E-state index contributed by atoms with van der Waals surface area (Å²) in [5, 5.41) is 4.18. The largest absolute Gasteiger partial charge is 0.497 e. The van der Waals surface area contributed by atoms with E-state index in [9.17, 15) is 18.0 Å². The fraction of sp³-hybridized carbons (Fsp3) is 0.409. The zero-order valence-corrected chi connectivity index (χ0v) is 17.9. The van der Waals surface area contributed by atoms with Gasteiger partial charge in [-0.15, -0.1) is 0 Å². The van der Waals surface area contributed by atoms with Crippen molar-refractivity contribution in [1.29, 1.82) is 0 Å². The Bertz CT molecular complexity index is 1150. The average Bonchev–Trinajstić information content (AvgIpc) is 3.39. The molecule has 0 saturated carbocycles. The maximum atomic E-state index is 13.4. The summed E-state index contributed by atoms with van der Waals surface area (Å²) in [6.45, 7) is 4.01. The molecule has 2 aromatic heterocycles. The summed E-state index contributed by atoms with van der Waals surface area (Å²) in [4.78, 5) is 18.7. The van der Waals surface area contributed by atoms with E-state index in [0.29, 0.717) is 36.7 Å². The van der Waals surface area contributed by atoms with Crippen LogP contribution in [0, 0.1) is 6.92 Å². The molecule has 0 N–H and O–H groups in total. The van der Waals surface area contributed by atoms with Crippen LogP contribution in [0.4, 0.5) is 13.2 Å². The molecular formula is C22H23F3N4O3. The molecule has 0 spiro atoms. The highest BCUT2D eigenvalue weighted by Crippen LogP contribution is 2.32. The van der Waals surface area contributed by atoms with Crippen LogP contribution in [0.5, 0.6) is 11.5 Å². The predicted molar refractivity (Wildman–Crippen MR) is 110 cm³/mol. The van der Waals surface area contributed by atoms with Gasteiger partial charge in [-0.1, -0.05) is 6.07 Å². The van der Waals surface area contributed by atoms with Gasteiger partial charge in [-0.3, -0.25) is 4.79 Å². The third kappa shape index (κ3) is 4.35. The molecule has 1 amide bonds. The minimum atomic E-state index is -4.54. The van der Waals surface area contributed by atoms with Crippen LogP contribution < -0.4 is 9.47 Å². The van der Waals surface area contributed by atoms with Crippen molar-refractivity contribution in [2.45, 2.75) is 38.5 Å². The maximum Gasteiger partial charge on any atom is 0.433 e. The molecule has 1 aliphatic rings. The molecule has 1 saturated heterocycles. The van der Waals surface area contributed by atoms with E-state index in [1.54, 1.807) is 49.3 Å². The van der Waals surface area contributed by atoms with Crippen molar-refractivity contribution in [3.05, 3.63) is 53.5 Å². The summed E-state index contributed by atoms with van der Waals surface area (Å²) in [7, 11) is 1.55. The molecule has 3 heterocycles. The highest BCUT2D eigenvalue weighted by molar-refractivity contribution is 5.81. The Labute approximate surface area is 182 Å². The molecule has 10 heteroatoms. The average molecular weight is 448 g/mol. The number of benzene rings is 1. The normalized spacial score (nSPS) is 17.6. The van der Waals surface area contributed by atoms with Gasteiger partial charge in [0.1, 0.15) is 17.2 Å². The molecule has 0 bridgehead atoms. The second-order valence-electron chi connectivity index (χ2n) is 7.83. The van der Waals surface area contributed by atoms with Gasteiger partial charge in [0, 0.05) is 36.8 Å². The minimum Gasteiger partial charge on any atom is -0.497 e. The molecule has 32 heavy (non-hydrogen) atoms. The summed E-state index contributed by atoms with van der Waals surface area (Å²) >= 11 is 0. The molecule has 2 unspecified atom stereocenters. The highest BCUT2D eigenvalue weighted by Gasteiger charge is 2.36. The number of fused-ring (bicyclic) bond motifs is 1. The minimum absolute atomic E-state index is 0.145. The lowest BCUT2D eigenvalue weighted by atomic mass is 10.1. The highest BCUT2D eigenvalue weighted by atomic mass is 19.4. The van der Waals surface area contributed by atoms with Gasteiger partial charge >= 0.3 is 6.18 Å². The number of aromatic nitrogens is 3. The van der Waals surface area contributed by atoms with Crippen molar-refractivity contribution in [2.75, 3.05) is 20.2 Å². The van der Waals surface area contributed by atoms with Gasteiger partial charge in [0.25, 0.3) is 5.91 Å². The Morgan fingerprint density at radius 1 is 1.22 bits per heavy atom. The number of nitrogens with zero attached hydrogens (tertiary/aromatic N) is 4. The van der Waals surface area contributed by atoms with Crippen LogP contribution in [0.15, 0.2) is 36.4 Å². The fourth-order valence-corrected chi connectivity index (χ4v) is 3.91. The molecule has 1 aromatic carbocycles. The zero-order chi connectivity index (χ0) is 23.0. The lowest BCUT2D eigenvalue weighted by Crippen LogP contribution is -2.39. The van der Waals surface area contributed by atoms with Crippen molar-refractivity contribution in [2.24, 2.45) is 0 Å². The number of ether oxygens (including phenoxy) is 2. The predicted octanol–water partition coefficient (Wildman–Crippen LogP) is 3.85. The first-order valence-electron chi connectivity index (χ1n) is 10.2. The first-order valence-corrected chi connectivity index (χ1v) is 10.2. The van der Waals surface area contributed by atoms with Crippen LogP contribution in [-0.4, -0.2) is 51.7 Å². The number of hydrogen-bond acceptors (Lipinski definition) is 5. The van der Waals surface area contributed by atoms with Crippen molar-refractivity contribution in [3.8, 4) is 11.5 Å². The van der Waals surface area contributed by atoms with Crippen LogP contribution in [-0.2, 0) is 11.0 Å². The molecule has 0 aliphatic carbocycles. The second-order valence-corrected chi connectivity index (χ2v) is 7.83. The number of halogens is 3. The number of alkyl halides is 3. The molecule has 3 aromatic rings. The molecule has 0 radical (unpaired) electrons. The number of carbonyl (C=O) groups excluding carboxylic acids is 1. The SMILES string of the molecule is COc1cccc(OC(C)C(=O)N2CCC(c3cc4nc(C)cc(C(F)(F)F)n4n3)C2)c1. The van der Waals surface area contributed by atoms with Gasteiger partial charge in [-0.25, -0.2) is 9.50 Å². The Morgan fingerprint density at radius 2 is 1.97 bits per heavy atom. The number of carbonyl (C=O) groups is 1. The van der Waals surface area contributed by atoms with Gasteiger partial charge < -0.3 is 14.4 Å². The van der Waals surface area contributed by atoms with Gasteiger partial charge in [-0.2, -0.15) is 18.3 Å². The third-order valence-electron chi connectivity index (χ3n) is 5.48. The lowest BCUT2D eigenvalue weighted by Gasteiger charge is -2.22. The fourth-order valence-electron chi connectivity index (χ4n) is 3.91. The number of methoxy groups -OCH3 is 1. The quantitative estimate of drug-likeness (QED) is 0.593. The van der Waals surface area contributed by atoms with Crippen LogP contribution in [0.1, 0.15) is 36.3 Å². The van der Waals surface area contributed by atoms with Gasteiger partial charge in [0.05, 0.1) is 12.8 Å². The molecule has 7 nitrogen and oxygen atoms in total. The van der Waals surface area contributed by atoms with Gasteiger partial charge in [0.15, 0.2) is 11.8 Å². The van der Waals surface area contributed by atoms with E-state index < -0.39 is 18.0 Å². The van der Waals surface area contributed by atoms with E-state index >= 15 is 0 Å². The van der Waals surface area contributed by atoms with Crippen molar-refractivity contribution in [3.63, 3.8) is 0 Å². The Balaban J connectivity index is 1.48. The smallest absolute Gasteiger partial charge is 0.433 e. The Kier molecular flexibility index (Phi) is 5.70. The molecule has 1 fully saturated rings. The van der Waals surface area contributed by atoms with Crippen LogP contribution in [0.3, 0.4) is 0 Å². The van der Waals surface area contributed by atoms with Crippen LogP contribution >= 0.6 is 0 Å². The Morgan fingerprint density at radius 3 is 2.69 bits per heavy atom. The number of rotatable bonds is 5. The summed E-state index contributed by atoms with van der Waals surface area (Å²) < 4.78 is 52.0. The standard InChI is InChI=1S/C22H23F3N4O3/c1-13-9-19(22(23,24)25)29-20(26-13)11-18(27-29)15-7-8-28(12-15)21(30)14(2)32-17-6-4-5-16(10-17)31-3/h4-6,9-11,14-15H,7-8,12H2,1-3H3. The maximum absolute atomic E-state index is 13.4. The van der Waals surface area contributed by atoms with Crippen molar-refractivity contribution >= 4 is 11.6 Å². The summed E-state index contributed by atoms with van der Waals surface area (Å²) in [5.74, 6) is 0.773. The first-order chi connectivity index (χ1) is 15.2. The van der Waals surface area contributed by atoms with Crippen molar-refractivity contribution in [1.82, 2.24) is 19.5 Å². The van der Waals surface area contributed by atoms with E-state index in [4.69, 9.17) is 9.47 Å². The van der Waals surface area contributed by atoms with Gasteiger partial charge in [0.2, 0.25) is 0 Å². The molecule has 2 atom stereocenters. The van der Waals surface area contributed by atoms with E-state index in [1.807, 2.05) is 0 Å². The van der Waals surface area contributed by atoms with E-state index in [0.717, 1.165) is 10.6 Å². The van der Waals surface area contributed by atoms with E-state index in [-0.39, 0.29) is 23.2 Å². The van der Waals surface area contributed by atoms with Crippen LogP contribution in [0.2, 0.25) is 0 Å². The topological polar surface area (TPSA) is 69.0 Å². The third-order valence-corrected chi connectivity index (χ3v) is 5.48. The van der Waals surface area contributed by atoms with Crippen LogP contribution in [0.25, 0.3) is 5.65 Å². The number of hydrogen-bond donors (Lipinski definition) is 0. The van der Waals surface area contributed by atoms with E-state index in [2.05, 4.69) is 10.1 Å². The molecule has 170 valence electrons. The summed E-state index contributed by atoms with van der Waals surface area (Å²) in [5.41, 5.74) is 0.0394. The summed E-state index contributed by atoms with van der Waals surface area (Å²) in [6.07, 6.45) is -4.66. The molecular weight excluding hydrogens is 425 g/mol. The summed E-state index contributed by atoms with van der Waals surface area (Å²) in [6, 6.07) is 9.53. The molecule has 1 aliphatic heterocycles. The van der Waals surface area contributed by atoms with Gasteiger partial charge in [-0.05, 0) is 38.5 Å². The van der Waals surface area contributed by atoms with E-state index in [1.165, 1.54) is 6.92 Å². The number of amides is 1. The second kappa shape index (κ2) is 8.33. The molecule has 4 rings (SSSR count). The van der Waals surface area contributed by atoms with Crippen molar-refractivity contribution < 1.29 is 27.4 Å².